The van der Waals surface area contributed by atoms with Gasteiger partial charge in [0.25, 0.3) is 0 Å². The Labute approximate surface area is 78.3 Å². The molecule has 2 aliphatic rings. The molecule has 0 aromatic rings. The van der Waals surface area contributed by atoms with Gasteiger partial charge in [-0.2, -0.15) is 0 Å². The predicted molar refractivity (Wildman–Crippen MR) is 50.1 cm³/mol. The van der Waals surface area contributed by atoms with Crippen LogP contribution in [-0.2, 0) is 9.53 Å². The number of allylic oxidation sites excluding steroid dienone is 4. The molecule has 0 saturated heterocycles. The molecule has 0 aliphatic heterocycles. The van der Waals surface area contributed by atoms with Gasteiger partial charge in [0.2, 0.25) is 0 Å². The fourth-order valence-corrected chi connectivity index (χ4v) is 2.17. The van der Waals surface area contributed by atoms with E-state index in [9.17, 15) is 4.79 Å². The van der Waals surface area contributed by atoms with Gasteiger partial charge in [-0.25, -0.2) is 0 Å². The van der Waals surface area contributed by atoms with Crippen LogP contribution in [0.3, 0.4) is 0 Å². The van der Waals surface area contributed by atoms with Crippen LogP contribution in [-0.4, -0.2) is 12.9 Å². The highest BCUT2D eigenvalue weighted by atomic mass is 16.5. The Morgan fingerprint density at radius 1 is 1.38 bits per heavy atom. The number of hydrogen-bond acceptors (Lipinski definition) is 2. The second-order valence-electron chi connectivity index (χ2n) is 3.73. The molecule has 0 aromatic carbocycles. The van der Waals surface area contributed by atoms with Crippen LogP contribution in [0.2, 0.25) is 0 Å². The number of ketones is 1. The van der Waals surface area contributed by atoms with Gasteiger partial charge < -0.3 is 4.74 Å². The highest BCUT2D eigenvalue weighted by Crippen LogP contribution is 2.35. The molecule has 0 saturated carbocycles. The number of methoxy groups -OCH3 is 1. The number of rotatable bonds is 1. The van der Waals surface area contributed by atoms with E-state index in [2.05, 4.69) is 12.2 Å². The van der Waals surface area contributed by atoms with Crippen LogP contribution in [0.1, 0.15) is 19.3 Å². The Hall–Kier alpha value is -1.05. The Morgan fingerprint density at radius 3 is 2.92 bits per heavy atom. The van der Waals surface area contributed by atoms with Crippen LogP contribution in [0.25, 0.3) is 0 Å². The predicted octanol–water partition coefficient (Wildman–Crippen LogP) is 2.07. The fraction of sp³-hybridized carbons (Fsp3) is 0.545. The summed E-state index contributed by atoms with van der Waals surface area (Å²) in [6.07, 6.45) is 8.82. The van der Waals surface area contributed by atoms with Crippen LogP contribution in [0.4, 0.5) is 0 Å². The molecule has 0 spiro atoms. The van der Waals surface area contributed by atoms with Gasteiger partial charge in [0.1, 0.15) is 0 Å². The minimum absolute atomic E-state index is 0.226. The summed E-state index contributed by atoms with van der Waals surface area (Å²) >= 11 is 0. The Morgan fingerprint density at radius 2 is 2.15 bits per heavy atom. The third-order valence-electron chi connectivity index (χ3n) is 2.96. The van der Waals surface area contributed by atoms with Crippen molar-refractivity contribution in [2.45, 2.75) is 19.3 Å². The van der Waals surface area contributed by atoms with Gasteiger partial charge >= 0.3 is 0 Å². The molecular formula is C11H14O2. The van der Waals surface area contributed by atoms with E-state index in [1.54, 1.807) is 13.2 Å². The van der Waals surface area contributed by atoms with Crippen molar-refractivity contribution in [2.24, 2.45) is 11.8 Å². The summed E-state index contributed by atoms with van der Waals surface area (Å²) in [4.78, 5) is 11.6. The van der Waals surface area contributed by atoms with Gasteiger partial charge in [-0.1, -0.05) is 12.2 Å². The van der Waals surface area contributed by atoms with Gasteiger partial charge in [0.15, 0.2) is 5.78 Å². The van der Waals surface area contributed by atoms with Crippen molar-refractivity contribution >= 4 is 5.78 Å². The first-order chi connectivity index (χ1) is 6.31. The molecule has 0 aromatic heterocycles. The molecule has 0 heterocycles. The molecule has 0 radical (unpaired) electrons. The van der Waals surface area contributed by atoms with Crippen molar-refractivity contribution in [3.63, 3.8) is 0 Å². The largest absolute Gasteiger partial charge is 0.501 e. The summed E-state index contributed by atoms with van der Waals surface area (Å²) in [5, 5.41) is 0. The van der Waals surface area contributed by atoms with Crippen molar-refractivity contribution in [1.82, 2.24) is 0 Å². The maximum Gasteiger partial charge on any atom is 0.162 e. The average molecular weight is 178 g/mol. The first-order valence-corrected chi connectivity index (χ1v) is 4.74. The van der Waals surface area contributed by atoms with Gasteiger partial charge in [-0.15, -0.1) is 0 Å². The quantitative estimate of drug-likeness (QED) is 0.574. The summed E-state index contributed by atoms with van der Waals surface area (Å²) in [5.41, 5.74) is 0. The van der Waals surface area contributed by atoms with E-state index in [0.29, 0.717) is 5.92 Å². The molecule has 13 heavy (non-hydrogen) atoms. The molecule has 0 bridgehead atoms. The molecule has 2 rings (SSSR count). The summed E-state index contributed by atoms with van der Waals surface area (Å²) in [6, 6.07) is 0. The monoisotopic (exact) mass is 178 g/mol. The van der Waals surface area contributed by atoms with Gasteiger partial charge in [-0.05, 0) is 18.8 Å². The van der Waals surface area contributed by atoms with E-state index >= 15 is 0 Å². The standard InChI is InChI=1S/C11H14O2/c1-13-9-6-8-4-2-3-5-10(8)11(12)7-9/h2-3,7-8,10H,4-6H2,1H3/t8-,10-/m1/s1. The molecule has 2 atom stereocenters. The average Bonchev–Trinajstić information content (AvgIpc) is 2.18. The molecule has 2 aliphatic carbocycles. The van der Waals surface area contributed by atoms with Crippen LogP contribution >= 0.6 is 0 Å². The molecule has 0 fully saturated rings. The molecule has 0 unspecified atom stereocenters. The number of ether oxygens (including phenoxy) is 1. The Balaban J connectivity index is 2.19. The lowest BCUT2D eigenvalue weighted by Crippen LogP contribution is -2.28. The summed E-state index contributed by atoms with van der Waals surface area (Å²) < 4.78 is 5.13. The molecule has 70 valence electrons. The lowest BCUT2D eigenvalue weighted by atomic mass is 9.75. The lowest BCUT2D eigenvalue weighted by molar-refractivity contribution is -0.120. The highest BCUT2D eigenvalue weighted by Gasteiger charge is 2.32. The topological polar surface area (TPSA) is 26.3 Å². The van der Waals surface area contributed by atoms with E-state index in [0.717, 1.165) is 25.0 Å². The summed E-state index contributed by atoms with van der Waals surface area (Å²) in [5.74, 6) is 1.81. The zero-order valence-corrected chi connectivity index (χ0v) is 7.82. The van der Waals surface area contributed by atoms with E-state index < -0.39 is 0 Å². The minimum Gasteiger partial charge on any atom is -0.501 e. The van der Waals surface area contributed by atoms with Crippen molar-refractivity contribution < 1.29 is 9.53 Å². The van der Waals surface area contributed by atoms with Crippen LogP contribution in [0.5, 0.6) is 0 Å². The maximum absolute atomic E-state index is 11.6. The normalized spacial score (nSPS) is 32.4. The minimum atomic E-state index is 0.226. The Bertz CT molecular complexity index is 276. The molecule has 2 heteroatoms. The van der Waals surface area contributed by atoms with Crippen LogP contribution < -0.4 is 0 Å². The van der Waals surface area contributed by atoms with Crippen molar-refractivity contribution in [3.05, 3.63) is 24.0 Å². The van der Waals surface area contributed by atoms with Gasteiger partial charge in [-0.3, -0.25) is 4.79 Å². The highest BCUT2D eigenvalue weighted by molar-refractivity contribution is 5.93. The second-order valence-corrected chi connectivity index (χ2v) is 3.73. The fourth-order valence-electron chi connectivity index (χ4n) is 2.17. The molecular weight excluding hydrogens is 164 g/mol. The summed E-state index contributed by atoms with van der Waals surface area (Å²) in [7, 11) is 1.64. The summed E-state index contributed by atoms with van der Waals surface area (Å²) in [6.45, 7) is 0. The number of hydrogen-bond donors (Lipinski definition) is 0. The number of fused-ring (bicyclic) bond motifs is 1. The zero-order valence-electron chi connectivity index (χ0n) is 7.82. The van der Waals surface area contributed by atoms with Crippen LogP contribution in [0, 0.1) is 11.8 Å². The Kier molecular flexibility index (Phi) is 2.21. The lowest BCUT2D eigenvalue weighted by Gasteiger charge is -2.30. The van der Waals surface area contributed by atoms with Crippen molar-refractivity contribution in [3.8, 4) is 0 Å². The van der Waals surface area contributed by atoms with Crippen molar-refractivity contribution in [2.75, 3.05) is 7.11 Å². The third-order valence-corrected chi connectivity index (χ3v) is 2.96. The first-order valence-electron chi connectivity index (χ1n) is 4.74. The molecule has 0 N–H and O–H groups in total. The third kappa shape index (κ3) is 1.53. The van der Waals surface area contributed by atoms with Gasteiger partial charge in [0, 0.05) is 18.4 Å². The zero-order chi connectivity index (χ0) is 9.26. The smallest absolute Gasteiger partial charge is 0.162 e. The molecule has 2 nitrogen and oxygen atoms in total. The van der Waals surface area contributed by atoms with E-state index in [-0.39, 0.29) is 11.7 Å². The van der Waals surface area contributed by atoms with Crippen LogP contribution in [0.15, 0.2) is 24.0 Å². The van der Waals surface area contributed by atoms with Crippen molar-refractivity contribution in [1.29, 1.82) is 0 Å². The van der Waals surface area contributed by atoms with Gasteiger partial charge in [0.05, 0.1) is 12.9 Å². The van der Waals surface area contributed by atoms with E-state index in [1.807, 2.05) is 0 Å². The number of carbonyl (C=O) groups excluding carboxylic acids is 1. The SMILES string of the molecule is COC1=CC(=O)[C@@H]2CC=CC[C@@H]2C1. The second kappa shape index (κ2) is 3.36. The van der Waals surface area contributed by atoms with E-state index in [1.165, 1.54) is 0 Å². The van der Waals surface area contributed by atoms with E-state index in [4.69, 9.17) is 4.74 Å². The maximum atomic E-state index is 11.6. The molecule has 0 amide bonds. The first kappa shape index (κ1) is 8.54. The number of carbonyl (C=O) groups is 1.